The van der Waals surface area contributed by atoms with E-state index in [2.05, 4.69) is 56.6 Å². The lowest BCUT2D eigenvalue weighted by atomic mass is 10.1. The average molecular weight is 461 g/mol. The van der Waals surface area contributed by atoms with Crippen molar-refractivity contribution < 1.29 is 4.79 Å². The van der Waals surface area contributed by atoms with Crippen LogP contribution in [0.2, 0.25) is 0 Å². The highest BCUT2D eigenvalue weighted by atomic mass is 32.1. The van der Waals surface area contributed by atoms with E-state index in [-0.39, 0.29) is 5.91 Å². The van der Waals surface area contributed by atoms with Crippen LogP contribution in [0.5, 0.6) is 0 Å². The molecule has 0 bridgehead atoms. The molecule has 1 saturated heterocycles. The summed E-state index contributed by atoms with van der Waals surface area (Å²) >= 11 is 1.58. The summed E-state index contributed by atoms with van der Waals surface area (Å²) in [4.78, 5) is 17.5. The second-order valence-electron chi connectivity index (χ2n) is 8.53. The first-order chi connectivity index (χ1) is 16.1. The molecule has 0 aliphatic carbocycles. The summed E-state index contributed by atoms with van der Waals surface area (Å²) in [5.74, 6) is 0.989. The fourth-order valence-corrected chi connectivity index (χ4v) is 5.19. The molecule has 1 aliphatic heterocycles. The molecule has 0 radical (unpaired) electrons. The van der Waals surface area contributed by atoms with E-state index in [1.54, 1.807) is 29.3 Å². The van der Waals surface area contributed by atoms with E-state index in [1.165, 1.54) is 15.6 Å². The highest BCUT2D eigenvalue weighted by Crippen LogP contribution is 2.29. The maximum Gasteiger partial charge on any atom is 0.273 e. The summed E-state index contributed by atoms with van der Waals surface area (Å²) in [6, 6.07) is 18.4. The Morgan fingerprint density at radius 2 is 1.88 bits per heavy atom. The third kappa shape index (κ3) is 4.77. The number of fused-ring (bicyclic) bond motifs is 1. The molecule has 7 nitrogen and oxygen atoms in total. The summed E-state index contributed by atoms with van der Waals surface area (Å²) < 4.78 is 7.57. The van der Waals surface area contributed by atoms with E-state index in [9.17, 15) is 4.79 Å². The van der Waals surface area contributed by atoms with Gasteiger partial charge in [0.25, 0.3) is 5.91 Å². The van der Waals surface area contributed by atoms with Crippen molar-refractivity contribution in [1.29, 1.82) is 0 Å². The number of piperazine rings is 1. The van der Waals surface area contributed by atoms with Crippen molar-refractivity contribution in [3.8, 4) is 0 Å². The number of hydrogen-bond acceptors (Lipinski definition) is 6. The van der Waals surface area contributed by atoms with Crippen molar-refractivity contribution in [3.05, 3.63) is 71.5 Å². The van der Waals surface area contributed by atoms with Crippen molar-refractivity contribution in [2.75, 3.05) is 42.9 Å². The molecular formula is C25H28N6OS. The maximum absolute atomic E-state index is 12.6. The number of nitrogens with zero attached hydrogens (tertiary/aromatic N) is 5. The quantitative estimate of drug-likeness (QED) is 0.472. The summed E-state index contributed by atoms with van der Waals surface area (Å²) in [7, 11) is 1.79. The lowest BCUT2D eigenvalue weighted by Gasteiger charge is -2.35. The van der Waals surface area contributed by atoms with E-state index in [0.717, 1.165) is 56.3 Å². The number of benzene rings is 2. The van der Waals surface area contributed by atoms with Crippen LogP contribution in [0.25, 0.3) is 10.1 Å². The minimum atomic E-state index is -0.138. The highest BCUT2D eigenvalue weighted by Gasteiger charge is 2.20. The Hall–Kier alpha value is -3.23. The second kappa shape index (κ2) is 9.33. The largest absolute Gasteiger partial charge is 0.353 e. The van der Waals surface area contributed by atoms with Gasteiger partial charge >= 0.3 is 0 Å². The molecule has 2 aromatic carbocycles. The first-order valence-electron chi connectivity index (χ1n) is 11.3. The van der Waals surface area contributed by atoms with Crippen LogP contribution in [-0.4, -0.2) is 57.7 Å². The molecular weight excluding hydrogens is 432 g/mol. The zero-order chi connectivity index (χ0) is 22.8. The molecule has 1 amide bonds. The predicted octanol–water partition coefficient (Wildman–Crippen LogP) is 3.96. The number of rotatable bonds is 6. The minimum absolute atomic E-state index is 0.138. The Balaban J connectivity index is 1.15. The minimum Gasteiger partial charge on any atom is -0.353 e. The molecule has 33 heavy (non-hydrogen) atoms. The smallest absolute Gasteiger partial charge is 0.273 e. The van der Waals surface area contributed by atoms with Crippen LogP contribution in [-0.2, 0) is 13.5 Å². The molecule has 8 heteroatoms. The van der Waals surface area contributed by atoms with Gasteiger partial charge in [-0.1, -0.05) is 24.3 Å². The molecule has 0 spiro atoms. The lowest BCUT2D eigenvalue weighted by Crippen LogP contribution is -2.47. The van der Waals surface area contributed by atoms with Crippen LogP contribution in [0.15, 0.2) is 54.6 Å². The molecule has 0 unspecified atom stereocenters. The first kappa shape index (κ1) is 21.6. The Morgan fingerprint density at radius 1 is 1.06 bits per heavy atom. The fourth-order valence-electron chi connectivity index (χ4n) is 4.39. The number of aryl methyl sites for hydroxylation is 2. The number of nitrogens with one attached hydrogen (secondary N) is 1. The molecule has 0 atom stereocenters. The van der Waals surface area contributed by atoms with Crippen molar-refractivity contribution >= 4 is 39.0 Å². The Bertz CT molecular complexity index is 1270. The first-order valence-corrected chi connectivity index (χ1v) is 12.1. The van der Waals surface area contributed by atoms with Crippen LogP contribution in [0.1, 0.15) is 21.7 Å². The van der Waals surface area contributed by atoms with Gasteiger partial charge in [-0.2, -0.15) is 9.47 Å². The molecule has 0 saturated carbocycles. The molecule has 1 aliphatic rings. The van der Waals surface area contributed by atoms with Gasteiger partial charge in [-0.3, -0.25) is 14.4 Å². The van der Waals surface area contributed by atoms with Crippen LogP contribution >= 0.6 is 11.5 Å². The van der Waals surface area contributed by atoms with Gasteiger partial charge in [-0.25, -0.2) is 0 Å². The molecule has 2 aromatic heterocycles. The third-order valence-electron chi connectivity index (χ3n) is 6.17. The van der Waals surface area contributed by atoms with Crippen molar-refractivity contribution in [2.45, 2.75) is 13.3 Å². The molecule has 5 rings (SSSR count). The third-order valence-corrected chi connectivity index (χ3v) is 6.98. The van der Waals surface area contributed by atoms with E-state index in [1.807, 2.05) is 19.1 Å². The number of carbonyl (C=O) groups excluding carboxylic acids is 1. The highest BCUT2D eigenvalue weighted by molar-refractivity contribution is 7.13. The average Bonchev–Trinajstić information content (AvgIpc) is 3.41. The summed E-state index contributed by atoms with van der Waals surface area (Å²) in [6.45, 7) is 6.94. The van der Waals surface area contributed by atoms with Crippen LogP contribution in [0.3, 0.4) is 0 Å². The number of anilines is 2. The Morgan fingerprint density at radius 3 is 2.67 bits per heavy atom. The van der Waals surface area contributed by atoms with E-state index in [4.69, 9.17) is 4.37 Å². The van der Waals surface area contributed by atoms with Crippen molar-refractivity contribution in [1.82, 2.24) is 19.1 Å². The van der Waals surface area contributed by atoms with Gasteiger partial charge < -0.3 is 10.2 Å². The van der Waals surface area contributed by atoms with Gasteiger partial charge in [0.05, 0.1) is 10.4 Å². The standard InChI is InChI=1S/C25H28N6OS/c1-18-16-22(29(2)27-18)25(32)26-20-7-5-6-19(17-20)10-11-30-12-14-31(15-13-30)24-21-8-3-4-9-23(21)33-28-24/h3-9,16-17H,10-15H2,1-2H3,(H,26,32). The van der Waals surface area contributed by atoms with Gasteiger partial charge in [0.15, 0.2) is 0 Å². The lowest BCUT2D eigenvalue weighted by molar-refractivity contribution is 0.101. The number of carbonyl (C=O) groups is 1. The zero-order valence-corrected chi connectivity index (χ0v) is 19.8. The van der Waals surface area contributed by atoms with Crippen LogP contribution < -0.4 is 10.2 Å². The van der Waals surface area contributed by atoms with Gasteiger partial charge in [0.1, 0.15) is 11.5 Å². The van der Waals surface area contributed by atoms with Gasteiger partial charge in [-0.05, 0) is 60.8 Å². The maximum atomic E-state index is 12.6. The topological polar surface area (TPSA) is 66.3 Å². The summed E-state index contributed by atoms with van der Waals surface area (Å²) in [6.07, 6.45) is 0.953. The predicted molar refractivity (Wildman–Crippen MR) is 134 cm³/mol. The molecule has 4 aromatic rings. The van der Waals surface area contributed by atoms with Gasteiger partial charge in [0, 0.05) is 50.8 Å². The molecule has 1 N–H and O–H groups in total. The molecule has 3 heterocycles. The van der Waals surface area contributed by atoms with Crippen LogP contribution in [0.4, 0.5) is 11.5 Å². The zero-order valence-electron chi connectivity index (χ0n) is 19.0. The molecule has 1 fully saturated rings. The monoisotopic (exact) mass is 460 g/mol. The van der Waals surface area contributed by atoms with E-state index >= 15 is 0 Å². The van der Waals surface area contributed by atoms with Gasteiger partial charge in [0.2, 0.25) is 0 Å². The number of amides is 1. The molecule has 170 valence electrons. The number of aromatic nitrogens is 3. The van der Waals surface area contributed by atoms with Crippen molar-refractivity contribution in [3.63, 3.8) is 0 Å². The van der Waals surface area contributed by atoms with Gasteiger partial charge in [-0.15, -0.1) is 0 Å². The second-order valence-corrected chi connectivity index (χ2v) is 9.34. The van der Waals surface area contributed by atoms with E-state index < -0.39 is 0 Å². The Labute approximate surface area is 197 Å². The van der Waals surface area contributed by atoms with Crippen molar-refractivity contribution in [2.24, 2.45) is 7.05 Å². The SMILES string of the molecule is Cc1cc(C(=O)Nc2cccc(CCN3CCN(c4nsc5ccccc45)CC3)c2)n(C)n1. The van der Waals surface area contributed by atoms with Crippen LogP contribution in [0, 0.1) is 6.92 Å². The number of hydrogen-bond donors (Lipinski definition) is 1. The normalized spacial score (nSPS) is 14.7. The summed E-state index contributed by atoms with van der Waals surface area (Å²) in [5, 5.41) is 8.51. The van der Waals surface area contributed by atoms with E-state index in [0.29, 0.717) is 5.69 Å². The fraction of sp³-hybridized carbons (Fsp3) is 0.320. The Kier molecular flexibility index (Phi) is 6.11. The summed E-state index contributed by atoms with van der Waals surface area (Å²) in [5.41, 5.74) is 3.43.